The van der Waals surface area contributed by atoms with E-state index in [-0.39, 0.29) is 11.5 Å². The molecule has 0 saturated heterocycles. The summed E-state index contributed by atoms with van der Waals surface area (Å²) in [7, 11) is 0. The summed E-state index contributed by atoms with van der Waals surface area (Å²) < 4.78 is 13.3. The standard InChI is InChI=1S/C12H12FN3S/c1-7-10(13)11(14)16-12(15-7)8-3-5-9(17-2)6-4-8/h3-6H,1-2H3,(H2,14,15,16). The van der Waals surface area contributed by atoms with Crippen LogP contribution in [0.4, 0.5) is 10.2 Å². The number of nitrogens with zero attached hydrogens (tertiary/aromatic N) is 2. The number of aryl methyl sites for hydroxylation is 1. The molecule has 17 heavy (non-hydrogen) atoms. The molecule has 0 bridgehead atoms. The fourth-order valence-electron chi connectivity index (χ4n) is 1.45. The molecule has 2 rings (SSSR count). The summed E-state index contributed by atoms with van der Waals surface area (Å²) in [5.74, 6) is -0.204. The topological polar surface area (TPSA) is 51.8 Å². The van der Waals surface area contributed by atoms with Gasteiger partial charge in [-0.15, -0.1) is 11.8 Å². The predicted octanol–water partition coefficient (Wildman–Crippen LogP) is 2.90. The van der Waals surface area contributed by atoms with Crippen LogP contribution in [0, 0.1) is 12.7 Å². The van der Waals surface area contributed by atoms with Gasteiger partial charge in [0.25, 0.3) is 0 Å². The van der Waals surface area contributed by atoms with E-state index in [1.165, 1.54) is 0 Å². The van der Waals surface area contributed by atoms with Crippen LogP contribution in [0.3, 0.4) is 0 Å². The maximum Gasteiger partial charge on any atom is 0.186 e. The molecular formula is C12H12FN3S. The zero-order valence-corrected chi connectivity index (χ0v) is 10.4. The molecule has 0 saturated carbocycles. The third-order valence-electron chi connectivity index (χ3n) is 2.39. The molecule has 0 aliphatic heterocycles. The van der Waals surface area contributed by atoms with Gasteiger partial charge in [-0.25, -0.2) is 14.4 Å². The Morgan fingerprint density at radius 1 is 1.18 bits per heavy atom. The van der Waals surface area contributed by atoms with Crippen molar-refractivity contribution >= 4 is 17.6 Å². The highest BCUT2D eigenvalue weighted by atomic mass is 32.2. The summed E-state index contributed by atoms with van der Waals surface area (Å²) in [6.07, 6.45) is 2.01. The van der Waals surface area contributed by atoms with Crippen LogP contribution in [0.1, 0.15) is 5.69 Å². The van der Waals surface area contributed by atoms with Gasteiger partial charge in [0.2, 0.25) is 0 Å². The van der Waals surface area contributed by atoms with Crippen molar-refractivity contribution in [3.05, 3.63) is 35.8 Å². The molecule has 0 aliphatic carbocycles. The molecule has 0 unspecified atom stereocenters. The number of anilines is 1. The SMILES string of the molecule is CSc1ccc(-c2nc(C)c(F)c(N)n2)cc1. The van der Waals surface area contributed by atoms with Gasteiger partial charge >= 0.3 is 0 Å². The first-order chi connectivity index (χ1) is 8.11. The number of nitrogen functional groups attached to an aromatic ring is 1. The molecule has 3 nitrogen and oxygen atoms in total. The predicted molar refractivity (Wildman–Crippen MR) is 68.4 cm³/mol. The van der Waals surface area contributed by atoms with E-state index in [9.17, 15) is 4.39 Å². The monoisotopic (exact) mass is 249 g/mol. The Labute approximate surface area is 103 Å². The minimum absolute atomic E-state index is 0.110. The van der Waals surface area contributed by atoms with Crippen LogP contribution in [0.5, 0.6) is 0 Å². The summed E-state index contributed by atoms with van der Waals surface area (Å²) >= 11 is 1.66. The lowest BCUT2D eigenvalue weighted by molar-refractivity contribution is 0.608. The maximum absolute atomic E-state index is 13.3. The molecule has 0 aliphatic rings. The smallest absolute Gasteiger partial charge is 0.186 e. The van der Waals surface area contributed by atoms with Crippen LogP contribution in [0.2, 0.25) is 0 Å². The van der Waals surface area contributed by atoms with Crippen molar-refractivity contribution in [2.24, 2.45) is 0 Å². The summed E-state index contributed by atoms with van der Waals surface area (Å²) in [6, 6.07) is 7.74. The van der Waals surface area contributed by atoms with Gasteiger partial charge in [0.15, 0.2) is 17.5 Å². The zero-order valence-electron chi connectivity index (χ0n) is 9.57. The fraction of sp³-hybridized carbons (Fsp3) is 0.167. The van der Waals surface area contributed by atoms with Gasteiger partial charge in [-0.05, 0) is 25.3 Å². The van der Waals surface area contributed by atoms with E-state index in [1.54, 1.807) is 18.7 Å². The molecule has 0 spiro atoms. The lowest BCUT2D eigenvalue weighted by atomic mass is 10.2. The Morgan fingerprint density at radius 2 is 1.82 bits per heavy atom. The normalized spacial score (nSPS) is 10.5. The van der Waals surface area contributed by atoms with Gasteiger partial charge in [-0.1, -0.05) is 12.1 Å². The first-order valence-corrected chi connectivity index (χ1v) is 6.28. The Kier molecular flexibility index (Phi) is 3.28. The molecule has 1 aromatic carbocycles. The van der Waals surface area contributed by atoms with Crippen LogP contribution in [0.15, 0.2) is 29.2 Å². The average molecular weight is 249 g/mol. The summed E-state index contributed by atoms with van der Waals surface area (Å²) in [5.41, 5.74) is 6.58. The molecule has 2 N–H and O–H groups in total. The van der Waals surface area contributed by atoms with Crippen LogP contribution < -0.4 is 5.73 Å². The minimum Gasteiger partial charge on any atom is -0.381 e. The second kappa shape index (κ2) is 4.71. The highest BCUT2D eigenvalue weighted by Gasteiger charge is 2.09. The summed E-state index contributed by atoms with van der Waals surface area (Å²) in [6.45, 7) is 1.58. The average Bonchev–Trinajstić information content (AvgIpc) is 2.35. The van der Waals surface area contributed by atoms with Crippen molar-refractivity contribution in [2.45, 2.75) is 11.8 Å². The molecule has 0 fully saturated rings. The number of aromatic nitrogens is 2. The maximum atomic E-state index is 13.3. The highest BCUT2D eigenvalue weighted by molar-refractivity contribution is 7.98. The third kappa shape index (κ3) is 2.39. The number of thioether (sulfide) groups is 1. The Morgan fingerprint density at radius 3 is 2.35 bits per heavy atom. The van der Waals surface area contributed by atoms with Crippen molar-refractivity contribution in [1.29, 1.82) is 0 Å². The third-order valence-corrected chi connectivity index (χ3v) is 3.13. The van der Waals surface area contributed by atoms with Gasteiger partial charge in [0.05, 0.1) is 5.69 Å². The molecule has 1 aromatic heterocycles. The highest BCUT2D eigenvalue weighted by Crippen LogP contribution is 2.22. The summed E-state index contributed by atoms with van der Waals surface area (Å²) in [4.78, 5) is 9.18. The molecule has 5 heteroatoms. The van der Waals surface area contributed by atoms with Crippen LogP contribution in [-0.4, -0.2) is 16.2 Å². The molecular weight excluding hydrogens is 237 g/mol. The number of nitrogens with two attached hydrogens (primary N) is 1. The number of halogens is 1. The van der Waals surface area contributed by atoms with Gasteiger partial charge < -0.3 is 5.73 Å². The van der Waals surface area contributed by atoms with Crippen molar-refractivity contribution in [2.75, 3.05) is 12.0 Å². The quantitative estimate of drug-likeness (QED) is 0.831. The van der Waals surface area contributed by atoms with Crippen molar-refractivity contribution < 1.29 is 4.39 Å². The van der Waals surface area contributed by atoms with Gasteiger partial charge in [0.1, 0.15) is 0 Å². The van der Waals surface area contributed by atoms with E-state index in [0.717, 1.165) is 10.5 Å². The number of rotatable bonds is 2. The van der Waals surface area contributed by atoms with Crippen molar-refractivity contribution in [3.63, 3.8) is 0 Å². The first-order valence-electron chi connectivity index (χ1n) is 5.06. The molecule has 88 valence electrons. The second-order valence-corrected chi connectivity index (χ2v) is 4.44. The lowest BCUT2D eigenvalue weighted by Crippen LogP contribution is -2.02. The van der Waals surface area contributed by atoms with Crippen LogP contribution in [-0.2, 0) is 0 Å². The van der Waals surface area contributed by atoms with E-state index < -0.39 is 5.82 Å². The number of benzene rings is 1. The van der Waals surface area contributed by atoms with E-state index in [0.29, 0.717) is 5.82 Å². The fourth-order valence-corrected chi connectivity index (χ4v) is 1.86. The number of hydrogen-bond acceptors (Lipinski definition) is 4. The van der Waals surface area contributed by atoms with Gasteiger partial charge in [0, 0.05) is 10.5 Å². The Balaban J connectivity index is 2.45. The largest absolute Gasteiger partial charge is 0.381 e. The molecule has 1 heterocycles. The van der Waals surface area contributed by atoms with E-state index in [4.69, 9.17) is 5.73 Å². The Hall–Kier alpha value is -1.62. The Bertz CT molecular complexity index is 517. The molecule has 0 atom stereocenters. The minimum atomic E-state index is -0.547. The number of hydrogen-bond donors (Lipinski definition) is 1. The van der Waals surface area contributed by atoms with E-state index >= 15 is 0 Å². The van der Waals surface area contributed by atoms with E-state index in [1.807, 2.05) is 30.5 Å². The molecule has 0 amide bonds. The molecule has 2 aromatic rings. The zero-order chi connectivity index (χ0) is 12.4. The molecule has 0 radical (unpaired) electrons. The van der Waals surface area contributed by atoms with Crippen LogP contribution in [0.25, 0.3) is 11.4 Å². The first kappa shape index (κ1) is 11.9. The van der Waals surface area contributed by atoms with Gasteiger partial charge in [-0.2, -0.15) is 0 Å². The van der Waals surface area contributed by atoms with Crippen molar-refractivity contribution in [1.82, 2.24) is 9.97 Å². The van der Waals surface area contributed by atoms with E-state index in [2.05, 4.69) is 9.97 Å². The van der Waals surface area contributed by atoms with Crippen LogP contribution >= 0.6 is 11.8 Å². The second-order valence-electron chi connectivity index (χ2n) is 3.56. The summed E-state index contributed by atoms with van der Waals surface area (Å²) in [5, 5.41) is 0. The van der Waals surface area contributed by atoms with Crippen molar-refractivity contribution in [3.8, 4) is 11.4 Å². The van der Waals surface area contributed by atoms with Gasteiger partial charge in [-0.3, -0.25) is 0 Å². The lowest BCUT2D eigenvalue weighted by Gasteiger charge is -2.05.